The molecule has 0 aromatic heterocycles. The molecule has 0 radical (unpaired) electrons. The zero-order valence-electron chi connectivity index (χ0n) is 12.6. The van der Waals surface area contributed by atoms with Gasteiger partial charge in [-0.1, -0.05) is 26.0 Å². The van der Waals surface area contributed by atoms with Crippen LogP contribution in [0.2, 0.25) is 0 Å². The predicted octanol–water partition coefficient (Wildman–Crippen LogP) is 2.20. The van der Waals surface area contributed by atoms with Crippen LogP contribution >= 0.6 is 0 Å². The molecule has 1 aromatic carbocycles. The lowest BCUT2D eigenvalue weighted by atomic mass is 9.88. The third-order valence-electron chi connectivity index (χ3n) is 3.65. The molecule has 0 bridgehead atoms. The summed E-state index contributed by atoms with van der Waals surface area (Å²) in [6.07, 6.45) is 3.30. The minimum atomic E-state index is -0.388. The number of hydrogen-bond donors (Lipinski definition) is 2. The molecule has 1 aromatic rings. The number of nitrogens with two attached hydrogens (primary N) is 1. The van der Waals surface area contributed by atoms with E-state index in [1.54, 1.807) is 13.2 Å². The quantitative estimate of drug-likeness (QED) is 0.783. The number of nitrogens with one attached hydrogen (secondary N) is 1. The van der Waals surface area contributed by atoms with Crippen molar-refractivity contribution in [2.24, 2.45) is 11.7 Å². The van der Waals surface area contributed by atoms with Gasteiger partial charge in [-0.2, -0.15) is 0 Å². The van der Waals surface area contributed by atoms with Crippen molar-refractivity contribution >= 4 is 12.0 Å². The van der Waals surface area contributed by atoms with E-state index in [2.05, 4.69) is 5.32 Å². The van der Waals surface area contributed by atoms with Gasteiger partial charge in [0.25, 0.3) is 0 Å². The van der Waals surface area contributed by atoms with Crippen molar-refractivity contribution in [3.8, 4) is 5.75 Å². The van der Waals surface area contributed by atoms with Gasteiger partial charge in [0.2, 0.25) is 5.91 Å². The van der Waals surface area contributed by atoms with Gasteiger partial charge in [-0.25, -0.2) is 0 Å². The summed E-state index contributed by atoms with van der Waals surface area (Å²) in [7, 11) is 1.62. The Balaban J connectivity index is 2.67. The van der Waals surface area contributed by atoms with Crippen molar-refractivity contribution in [2.45, 2.75) is 26.3 Å². The van der Waals surface area contributed by atoms with Gasteiger partial charge >= 0.3 is 0 Å². The molecule has 1 amide bonds. The Morgan fingerprint density at radius 3 is 2.45 bits per heavy atom. The summed E-state index contributed by atoms with van der Waals surface area (Å²) in [4.78, 5) is 11.9. The van der Waals surface area contributed by atoms with Crippen LogP contribution in [0.4, 0.5) is 0 Å². The van der Waals surface area contributed by atoms with Crippen LogP contribution in [0.25, 0.3) is 6.08 Å². The SMILES string of the molecule is COc1ccc(/C=C/C(=O)NC(C)(CN)C(C)C)cc1. The molecule has 4 heteroatoms. The molecule has 0 saturated heterocycles. The Morgan fingerprint density at radius 1 is 1.40 bits per heavy atom. The third-order valence-corrected chi connectivity index (χ3v) is 3.65. The van der Waals surface area contributed by atoms with E-state index >= 15 is 0 Å². The number of benzene rings is 1. The van der Waals surface area contributed by atoms with E-state index in [1.165, 1.54) is 6.08 Å². The molecule has 0 fully saturated rings. The second-order valence-corrected chi connectivity index (χ2v) is 5.37. The first kappa shape index (κ1) is 16.2. The molecule has 0 spiro atoms. The van der Waals surface area contributed by atoms with Crippen molar-refractivity contribution in [3.05, 3.63) is 35.9 Å². The van der Waals surface area contributed by atoms with Gasteiger partial charge in [0, 0.05) is 12.6 Å². The number of hydrogen-bond acceptors (Lipinski definition) is 3. The number of ether oxygens (including phenoxy) is 1. The minimum absolute atomic E-state index is 0.137. The maximum Gasteiger partial charge on any atom is 0.244 e. The van der Waals surface area contributed by atoms with Crippen molar-refractivity contribution in [3.63, 3.8) is 0 Å². The van der Waals surface area contributed by atoms with Crippen LogP contribution in [0, 0.1) is 5.92 Å². The normalized spacial score (nSPS) is 14.3. The van der Waals surface area contributed by atoms with Crippen LogP contribution in [-0.4, -0.2) is 25.1 Å². The second kappa shape index (κ2) is 7.10. The summed E-state index contributed by atoms with van der Waals surface area (Å²) in [6, 6.07) is 7.51. The summed E-state index contributed by atoms with van der Waals surface area (Å²) < 4.78 is 5.08. The standard InChI is InChI=1S/C16H24N2O2/c1-12(2)16(3,11-17)18-15(19)10-7-13-5-8-14(20-4)9-6-13/h5-10,12H,11,17H2,1-4H3,(H,18,19)/b10-7+. The Hall–Kier alpha value is -1.81. The van der Waals surface area contributed by atoms with E-state index in [9.17, 15) is 4.79 Å². The summed E-state index contributed by atoms with van der Waals surface area (Å²) in [5, 5.41) is 2.96. The lowest BCUT2D eigenvalue weighted by Gasteiger charge is -2.33. The van der Waals surface area contributed by atoms with Gasteiger partial charge in [-0.3, -0.25) is 4.79 Å². The van der Waals surface area contributed by atoms with Gasteiger partial charge in [0.1, 0.15) is 5.75 Å². The molecule has 0 saturated carbocycles. The fourth-order valence-corrected chi connectivity index (χ4v) is 1.64. The third kappa shape index (κ3) is 4.38. The maximum absolute atomic E-state index is 11.9. The van der Waals surface area contributed by atoms with Gasteiger partial charge in [-0.15, -0.1) is 0 Å². The highest BCUT2D eigenvalue weighted by Gasteiger charge is 2.27. The Bertz CT molecular complexity index is 466. The van der Waals surface area contributed by atoms with Gasteiger partial charge < -0.3 is 15.8 Å². The molecular formula is C16H24N2O2. The molecule has 3 N–H and O–H groups in total. The molecule has 1 atom stereocenters. The highest BCUT2D eigenvalue weighted by molar-refractivity contribution is 5.92. The van der Waals surface area contributed by atoms with Crippen molar-refractivity contribution in [2.75, 3.05) is 13.7 Å². The van der Waals surface area contributed by atoms with Crippen LogP contribution in [-0.2, 0) is 4.79 Å². The Kier molecular flexibility index (Phi) is 5.77. The van der Waals surface area contributed by atoms with Crippen LogP contribution in [0.15, 0.2) is 30.3 Å². The van der Waals surface area contributed by atoms with E-state index in [4.69, 9.17) is 10.5 Å². The number of methoxy groups -OCH3 is 1. The minimum Gasteiger partial charge on any atom is -0.497 e. The number of carbonyl (C=O) groups is 1. The Morgan fingerprint density at radius 2 is 2.00 bits per heavy atom. The van der Waals surface area contributed by atoms with Gasteiger partial charge in [0.15, 0.2) is 0 Å². The molecule has 0 aliphatic heterocycles. The topological polar surface area (TPSA) is 64.3 Å². The Labute approximate surface area is 121 Å². The van der Waals surface area contributed by atoms with Crippen molar-refractivity contribution in [1.29, 1.82) is 0 Å². The van der Waals surface area contributed by atoms with Crippen LogP contribution in [0.3, 0.4) is 0 Å². The van der Waals surface area contributed by atoms with E-state index in [0.29, 0.717) is 6.54 Å². The zero-order chi connectivity index (χ0) is 15.2. The van der Waals surface area contributed by atoms with E-state index in [-0.39, 0.29) is 17.4 Å². The monoisotopic (exact) mass is 276 g/mol. The van der Waals surface area contributed by atoms with Crippen LogP contribution < -0.4 is 15.8 Å². The zero-order valence-corrected chi connectivity index (χ0v) is 12.6. The van der Waals surface area contributed by atoms with E-state index in [0.717, 1.165) is 11.3 Å². The lowest BCUT2D eigenvalue weighted by Crippen LogP contribution is -2.54. The maximum atomic E-state index is 11.9. The lowest BCUT2D eigenvalue weighted by molar-refractivity contribution is -0.118. The molecule has 0 aliphatic rings. The fourth-order valence-electron chi connectivity index (χ4n) is 1.64. The van der Waals surface area contributed by atoms with Crippen LogP contribution in [0.5, 0.6) is 5.75 Å². The second-order valence-electron chi connectivity index (χ2n) is 5.37. The molecule has 0 heterocycles. The van der Waals surface area contributed by atoms with Gasteiger partial charge in [-0.05, 0) is 36.6 Å². The molecular weight excluding hydrogens is 252 g/mol. The molecule has 20 heavy (non-hydrogen) atoms. The average Bonchev–Trinajstić information content (AvgIpc) is 2.45. The average molecular weight is 276 g/mol. The summed E-state index contributed by atoms with van der Waals surface area (Å²) in [6.45, 7) is 6.45. The summed E-state index contributed by atoms with van der Waals surface area (Å²) in [5.41, 5.74) is 6.30. The van der Waals surface area contributed by atoms with Gasteiger partial charge in [0.05, 0.1) is 12.6 Å². The largest absolute Gasteiger partial charge is 0.497 e. The smallest absolute Gasteiger partial charge is 0.244 e. The fraction of sp³-hybridized carbons (Fsp3) is 0.438. The predicted molar refractivity (Wildman–Crippen MR) is 82.5 cm³/mol. The first-order valence-corrected chi connectivity index (χ1v) is 6.75. The highest BCUT2D eigenvalue weighted by atomic mass is 16.5. The number of rotatable bonds is 6. The van der Waals surface area contributed by atoms with E-state index in [1.807, 2.05) is 45.0 Å². The highest BCUT2D eigenvalue weighted by Crippen LogP contribution is 2.15. The molecule has 110 valence electrons. The van der Waals surface area contributed by atoms with Crippen molar-refractivity contribution in [1.82, 2.24) is 5.32 Å². The van der Waals surface area contributed by atoms with Crippen LogP contribution in [0.1, 0.15) is 26.3 Å². The molecule has 1 rings (SSSR count). The molecule has 1 unspecified atom stereocenters. The number of amides is 1. The first-order chi connectivity index (χ1) is 9.41. The molecule has 4 nitrogen and oxygen atoms in total. The van der Waals surface area contributed by atoms with Crippen molar-refractivity contribution < 1.29 is 9.53 Å². The first-order valence-electron chi connectivity index (χ1n) is 6.75. The molecule has 0 aliphatic carbocycles. The van der Waals surface area contributed by atoms with E-state index < -0.39 is 0 Å². The number of carbonyl (C=O) groups excluding carboxylic acids is 1. The summed E-state index contributed by atoms with van der Waals surface area (Å²) in [5.74, 6) is 0.926. The summed E-state index contributed by atoms with van der Waals surface area (Å²) >= 11 is 0.